The molecule has 3 aromatic carbocycles. The highest BCUT2D eigenvalue weighted by molar-refractivity contribution is 6.31. The van der Waals surface area contributed by atoms with Crippen LogP contribution in [0.2, 0.25) is 5.02 Å². The third-order valence-electron chi connectivity index (χ3n) is 5.95. The minimum atomic E-state index is -1.08. The predicted octanol–water partition coefficient (Wildman–Crippen LogP) is 5.88. The number of Topliss-reactive ketones (excluding diaryl/α,β-unsaturated/α-hetero) is 1. The smallest absolute Gasteiger partial charge is 0.296 e. The monoisotopic (exact) mass is 487 g/mol. The lowest BCUT2D eigenvalue weighted by molar-refractivity contribution is -0.117. The van der Waals surface area contributed by atoms with E-state index in [0.29, 0.717) is 32.6 Å². The lowest BCUT2D eigenvalue weighted by Gasteiger charge is -2.24. The molecular weight excluding hydrogens is 473 g/mol. The number of furan rings is 1. The molecule has 172 valence electrons. The van der Waals surface area contributed by atoms with Crippen LogP contribution in [-0.4, -0.2) is 26.8 Å². The molecule has 9 heteroatoms. The third kappa shape index (κ3) is 3.38. The average molecular weight is 488 g/mol. The molecule has 0 spiro atoms. The molecule has 0 aliphatic carbocycles. The second-order valence-corrected chi connectivity index (χ2v) is 8.53. The molecule has 0 saturated heterocycles. The number of aromatic amines is 1. The number of aromatic nitrogens is 2. The van der Waals surface area contributed by atoms with Crippen molar-refractivity contribution in [3.8, 4) is 0 Å². The molecule has 1 amide bonds. The van der Waals surface area contributed by atoms with Crippen molar-refractivity contribution < 1.29 is 23.5 Å². The second-order valence-electron chi connectivity index (χ2n) is 8.09. The Morgan fingerprint density at radius 3 is 2.63 bits per heavy atom. The molecule has 0 saturated carbocycles. The van der Waals surface area contributed by atoms with Gasteiger partial charge in [0.25, 0.3) is 5.91 Å². The van der Waals surface area contributed by atoms with E-state index in [2.05, 4.69) is 9.97 Å². The zero-order valence-corrected chi connectivity index (χ0v) is 18.6. The number of hydrogen-bond acceptors (Lipinski definition) is 5. The molecule has 7 nitrogen and oxygen atoms in total. The van der Waals surface area contributed by atoms with Crippen LogP contribution in [0.1, 0.15) is 22.2 Å². The van der Waals surface area contributed by atoms with E-state index in [0.717, 1.165) is 0 Å². The highest BCUT2D eigenvalue weighted by Crippen LogP contribution is 2.42. The summed E-state index contributed by atoms with van der Waals surface area (Å²) in [4.78, 5) is 35.6. The van der Waals surface area contributed by atoms with Crippen molar-refractivity contribution in [3.63, 3.8) is 0 Å². The van der Waals surface area contributed by atoms with Crippen LogP contribution in [0.4, 0.5) is 10.3 Å². The molecule has 3 heterocycles. The molecule has 1 aliphatic heterocycles. The zero-order chi connectivity index (χ0) is 24.3. The van der Waals surface area contributed by atoms with E-state index < -0.39 is 29.3 Å². The lowest BCUT2D eigenvalue weighted by Crippen LogP contribution is -2.32. The molecule has 1 atom stereocenters. The average Bonchev–Trinajstić information content (AvgIpc) is 3.53. The first-order valence-corrected chi connectivity index (χ1v) is 11.0. The predicted molar refractivity (Wildman–Crippen MR) is 128 cm³/mol. The topological polar surface area (TPSA) is 99.4 Å². The maximum absolute atomic E-state index is 13.7. The minimum absolute atomic E-state index is 0.0739. The molecule has 0 fully saturated rings. The Bertz CT molecular complexity index is 1650. The van der Waals surface area contributed by atoms with E-state index in [1.807, 2.05) is 6.07 Å². The first-order chi connectivity index (χ1) is 16.9. The summed E-state index contributed by atoms with van der Waals surface area (Å²) in [7, 11) is 0. The number of H-pyrrole nitrogens is 1. The Kier molecular flexibility index (Phi) is 4.72. The number of benzene rings is 3. The van der Waals surface area contributed by atoms with E-state index in [1.165, 1.54) is 35.2 Å². The Labute approximate surface area is 202 Å². The number of anilines is 1. The number of nitrogens with one attached hydrogen (secondary N) is 1. The van der Waals surface area contributed by atoms with Gasteiger partial charge in [-0.3, -0.25) is 14.5 Å². The number of aliphatic hydroxyl groups is 1. The fourth-order valence-corrected chi connectivity index (χ4v) is 4.51. The van der Waals surface area contributed by atoms with Gasteiger partial charge in [-0.25, -0.2) is 9.37 Å². The van der Waals surface area contributed by atoms with Crippen molar-refractivity contribution in [2.75, 3.05) is 4.90 Å². The fourth-order valence-electron chi connectivity index (χ4n) is 4.33. The number of nitrogens with zero attached hydrogens (tertiary/aromatic N) is 2. The molecule has 2 aromatic heterocycles. The summed E-state index contributed by atoms with van der Waals surface area (Å²) in [5.41, 5.74) is 1.90. The van der Waals surface area contributed by atoms with Gasteiger partial charge in [-0.15, -0.1) is 0 Å². The van der Waals surface area contributed by atoms with Crippen molar-refractivity contribution in [1.29, 1.82) is 0 Å². The first-order valence-electron chi connectivity index (χ1n) is 10.6. The molecule has 0 radical (unpaired) electrons. The van der Waals surface area contributed by atoms with Crippen molar-refractivity contribution in [1.82, 2.24) is 9.97 Å². The van der Waals surface area contributed by atoms with E-state index in [-0.39, 0.29) is 17.3 Å². The van der Waals surface area contributed by atoms with Gasteiger partial charge >= 0.3 is 0 Å². The van der Waals surface area contributed by atoms with Gasteiger partial charge in [-0.1, -0.05) is 35.9 Å². The number of rotatable bonds is 4. The normalized spacial score (nSPS) is 16.1. The highest BCUT2D eigenvalue weighted by atomic mass is 35.5. The lowest BCUT2D eigenvalue weighted by atomic mass is 9.95. The van der Waals surface area contributed by atoms with Gasteiger partial charge < -0.3 is 14.5 Å². The van der Waals surface area contributed by atoms with Crippen LogP contribution in [0.3, 0.4) is 0 Å². The highest BCUT2D eigenvalue weighted by Gasteiger charge is 2.46. The Hall–Kier alpha value is -4.43. The van der Waals surface area contributed by atoms with Crippen LogP contribution in [0.25, 0.3) is 22.0 Å². The molecule has 1 aliphatic rings. The standard InChI is InChI=1S/C26H15ClFN3O4/c27-15-7-10-19-14(11-15)12-20(35-19)23(32)21-22(13-5-8-16(28)9-6-13)31(25(34)24(21)33)26-29-17-3-1-2-4-18(17)30-26/h1-12,22,33H,(H,29,30). The van der Waals surface area contributed by atoms with Crippen molar-refractivity contribution in [2.45, 2.75) is 6.04 Å². The quantitative estimate of drug-likeness (QED) is 0.308. The van der Waals surface area contributed by atoms with E-state index in [1.54, 1.807) is 36.4 Å². The van der Waals surface area contributed by atoms with Crippen molar-refractivity contribution >= 4 is 51.2 Å². The molecule has 2 N–H and O–H groups in total. The number of halogens is 2. The van der Waals surface area contributed by atoms with Gasteiger partial charge in [0.1, 0.15) is 11.4 Å². The van der Waals surface area contributed by atoms with Crippen LogP contribution in [-0.2, 0) is 4.79 Å². The third-order valence-corrected chi connectivity index (χ3v) is 6.18. The van der Waals surface area contributed by atoms with Crippen molar-refractivity contribution in [3.05, 3.63) is 106 Å². The van der Waals surface area contributed by atoms with Gasteiger partial charge in [-0.2, -0.15) is 0 Å². The van der Waals surface area contributed by atoms with Crippen LogP contribution >= 0.6 is 11.6 Å². The van der Waals surface area contributed by atoms with Crippen LogP contribution in [0.15, 0.2) is 88.5 Å². The van der Waals surface area contributed by atoms with Crippen LogP contribution in [0.5, 0.6) is 0 Å². The summed E-state index contributed by atoms with van der Waals surface area (Å²) >= 11 is 6.05. The summed E-state index contributed by atoms with van der Waals surface area (Å²) in [5, 5.41) is 12.0. The number of ketones is 1. The molecule has 1 unspecified atom stereocenters. The number of imidazole rings is 1. The first kappa shape index (κ1) is 21.1. The van der Waals surface area contributed by atoms with Crippen LogP contribution in [0, 0.1) is 5.82 Å². The summed E-state index contributed by atoms with van der Waals surface area (Å²) in [6, 6.07) is 17.8. The van der Waals surface area contributed by atoms with E-state index in [4.69, 9.17) is 16.0 Å². The number of carbonyl (C=O) groups is 2. The number of carbonyl (C=O) groups excluding carboxylic acids is 2. The zero-order valence-electron chi connectivity index (χ0n) is 17.8. The molecule has 6 rings (SSSR count). The Morgan fingerprint density at radius 1 is 1.09 bits per heavy atom. The van der Waals surface area contributed by atoms with Crippen LogP contribution < -0.4 is 4.90 Å². The van der Waals surface area contributed by atoms with Crippen molar-refractivity contribution in [2.24, 2.45) is 0 Å². The Balaban J connectivity index is 1.51. The molecule has 35 heavy (non-hydrogen) atoms. The largest absolute Gasteiger partial charge is 0.503 e. The Morgan fingerprint density at radius 2 is 1.86 bits per heavy atom. The summed E-state index contributed by atoms with van der Waals surface area (Å²) in [5.74, 6) is -2.66. The number of aliphatic hydroxyl groups excluding tert-OH is 1. The van der Waals surface area contributed by atoms with E-state index in [9.17, 15) is 19.1 Å². The maximum atomic E-state index is 13.7. The number of amides is 1. The molecule has 0 bridgehead atoms. The van der Waals surface area contributed by atoms with Gasteiger partial charge in [0.2, 0.25) is 11.7 Å². The minimum Gasteiger partial charge on any atom is -0.503 e. The van der Waals surface area contributed by atoms with E-state index >= 15 is 0 Å². The molecular formula is C26H15ClFN3O4. The SMILES string of the molecule is O=C(C1=C(O)C(=O)N(c2nc3ccccc3[nH]2)C1c1ccc(F)cc1)c1cc2cc(Cl)ccc2o1. The number of para-hydroxylation sites is 2. The van der Waals surface area contributed by atoms with Gasteiger partial charge in [0, 0.05) is 10.4 Å². The summed E-state index contributed by atoms with van der Waals surface area (Å²) in [6.45, 7) is 0. The number of fused-ring (bicyclic) bond motifs is 2. The van der Waals surface area contributed by atoms with Gasteiger partial charge in [0.15, 0.2) is 11.5 Å². The maximum Gasteiger partial charge on any atom is 0.296 e. The molecule has 5 aromatic rings. The van der Waals surface area contributed by atoms with Gasteiger partial charge in [0.05, 0.1) is 22.6 Å². The fraction of sp³-hybridized carbons (Fsp3) is 0.0385. The van der Waals surface area contributed by atoms with Gasteiger partial charge in [-0.05, 0) is 54.1 Å². The summed E-state index contributed by atoms with van der Waals surface area (Å²) in [6.07, 6.45) is 0. The summed E-state index contributed by atoms with van der Waals surface area (Å²) < 4.78 is 19.4. The number of hydrogen-bond donors (Lipinski definition) is 2. The second kappa shape index (κ2) is 7.82.